The summed E-state index contributed by atoms with van der Waals surface area (Å²) in [7, 11) is 0. The molecule has 4 nitrogen and oxygen atoms in total. The minimum Gasteiger partial charge on any atom is -0.354 e. The SMILES string of the molecule is CSc1ccccc1C(=O)[C@@H]1CCCN(C(=O)c2[nH]c(C)cc2C)C1. The van der Waals surface area contributed by atoms with Crippen LogP contribution in [0.2, 0.25) is 0 Å². The number of Topliss-reactive ketones (excluding diaryl/α,β-unsaturated/α-hetero) is 1. The average molecular weight is 356 g/mol. The molecule has 0 unspecified atom stereocenters. The lowest BCUT2D eigenvalue weighted by Gasteiger charge is -2.32. The number of nitrogens with one attached hydrogen (secondary N) is 1. The third kappa shape index (κ3) is 3.66. The minimum absolute atomic E-state index is 0.00116. The summed E-state index contributed by atoms with van der Waals surface area (Å²) in [6.07, 6.45) is 3.69. The van der Waals surface area contributed by atoms with Crippen molar-refractivity contribution in [2.75, 3.05) is 19.3 Å². The lowest BCUT2D eigenvalue weighted by molar-refractivity contribution is 0.0631. The Balaban J connectivity index is 1.78. The number of hydrogen-bond acceptors (Lipinski definition) is 3. The van der Waals surface area contributed by atoms with Gasteiger partial charge in [-0.2, -0.15) is 0 Å². The molecule has 0 spiro atoms. The minimum atomic E-state index is -0.123. The van der Waals surface area contributed by atoms with Crippen LogP contribution in [0.25, 0.3) is 0 Å². The van der Waals surface area contributed by atoms with Crippen molar-refractivity contribution in [3.05, 3.63) is 52.8 Å². The molecule has 1 fully saturated rings. The van der Waals surface area contributed by atoms with E-state index in [0.29, 0.717) is 18.8 Å². The number of rotatable bonds is 4. The predicted molar refractivity (Wildman–Crippen MR) is 101 cm³/mol. The number of nitrogens with zero attached hydrogens (tertiary/aromatic N) is 1. The Kier molecular flexibility index (Phi) is 5.33. The summed E-state index contributed by atoms with van der Waals surface area (Å²) in [5.41, 5.74) is 3.37. The van der Waals surface area contributed by atoms with Crippen molar-refractivity contribution in [3.63, 3.8) is 0 Å². The number of piperidine rings is 1. The van der Waals surface area contributed by atoms with Crippen LogP contribution in [0, 0.1) is 19.8 Å². The molecule has 3 rings (SSSR count). The van der Waals surface area contributed by atoms with Crippen LogP contribution in [0.3, 0.4) is 0 Å². The van der Waals surface area contributed by atoms with Gasteiger partial charge in [-0.25, -0.2) is 0 Å². The van der Waals surface area contributed by atoms with Crippen molar-refractivity contribution in [2.24, 2.45) is 5.92 Å². The molecule has 0 bridgehead atoms. The molecular formula is C20H24N2O2S. The van der Waals surface area contributed by atoms with Crippen molar-refractivity contribution in [1.29, 1.82) is 0 Å². The highest BCUT2D eigenvalue weighted by molar-refractivity contribution is 7.98. The van der Waals surface area contributed by atoms with Crippen LogP contribution >= 0.6 is 11.8 Å². The van der Waals surface area contributed by atoms with E-state index in [1.54, 1.807) is 11.8 Å². The van der Waals surface area contributed by atoms with Gasteiger partial charge < -0.3 is 9.88 Å². The van der Waals surface area contributed by atoms with E-state index in [4.69, 9.17) is 0 Å². The van der Waals surface area contributed by atoms with Gasteiger partial charge >= 0.3 is 0 Å². The van der Waals surface area contributed by atoms with Crippen molar-refractivity contribution < 1.29 is 9.59 Å². The van der Waals surface area contributed by atoms with Gasteiger partial charge in [-0.15, -0.1) is 11.8 Å². The summed E-state index contributed by atoms with van der Waals surface area (Å²) < 4.78 is 0. The molecule has 1 aliphatic rings. The number of carbonyl (C=O) groups excluding carboxylic acids is 2. The highest BCUT2D eigenvalue weighted by Gasteiger charge is 2.31. The van der Waals surface area contributed by atoms with Gasteiger partial charge in [-0.05, 0) is 50.6 Å². The maximum atomic E-state index is 13.0. The second-order valence-corrected chi connectivity index (χ2v) is 7.51. The Bertz CT molecular complexity index is 797. The number of H-pyrrole nitrogens is 1. The maximum absolute atomic E-state index is 13.0. The number of likely N-dealkylation sites (tertiary alicyclic amines) is 1. The Morgan fingerprint density at radius 3 is 2.68 bits per heavy atom. The van der Waals surface area contributed by atoms with Gasteiger partial charge in [-0.3, -0.25) is 9.59 Å². The molecule has 1 saturated heterocycles. The lowest BCUT2D eigenvalue weighted by atomic mass is 9.89. The highest BCUT2D eigenvalue weighted by Crippen LogP contribution is 2.27. The number of aromatic nitrogens is 1. The molecule has 2 heterocycles. The number of thioether (sulfide) groups is 1. The fraction of sp³-hybridized carbons (Fsp3) is 0.400. The molecular weight excluding hydrogens is 332 g/mol. The van der Waals surface area contributed by atoms with Crippen LogP contribution in [0.5, 0.6) is 0 Å². The molecule has 0 saturated carbocycles. The van der Waals surface area contributed by atoms with E-state index >= 15 is 0 Å². The lowest BCUT2D eigenvalue weighted by Crippen LogP contribution is -2.42. The summed E-state index contributed by atoms with van der Waals surface area (Å²) in [6, 6.07) is 9.72. The van der Waals surface area contributed by atoms with E-state index in [2.05, 4.69) is 4.98 Å². The Labute approximate surface area is 153 Å². The summed E-state index contributed by atoms with van der Waals surface area (Å²) in [6.45, 7) is 5.10. The second kappa shape index (κ2) is 7.48. The summed E-state index contributed by atoms with van der Waals surface area (Å²) >= 11 is 1.59. The van der Waals surface area contributed by atoms with Crippen molar-refractivity contribution in [3.8, 4) is 0 Å². The molecule has 1 N–H and O–H groups in total. The zero-order chi connectivity index (χ0) is 18.0. The van der Waals surface area contributed by atoms with E-state index in [-0.39, 0.29) is 17.6 Å². The topological polar surface area (TPSA) is 53.2 Å². The normalized spacial score (nSPS) is 17.6. The second-order valence-electron chi connectivity index (χ2n) is 6.67. The average Bonchev–Trinajstić information content (AvgIpc) is 2.98. The summed E-state index contributed by atoms with van der Waals surface area (Å²) in [5, 5.41) is 0. The molecule has 1 aliphatic heterocycles. The smallest absolute Gasteiger partial charge is 0.270 e. The number of amides is 1. The third-order valence-electron chi connectivity index (χ3n) is 4.82. The number of hydrogen-bond donors (Lipinski definition) is 1. The molecule has 0 aliphatic carbocycles. The first-order valence-electron chi connectivity index (χ1n) is 8.64. The van der Waals surface area contributed by atoms with Crippen LogP contribution in [0.15, 0.2) is 35.2 Å². The van der Waals surface area contributed by atoms with E-state index in [1.807, 2.05) is 55.3 Å². The molecule has 1 aromatic heterocycles. The molecule has 132 valence electrons. The fourth-order valence-corrected chi connectivity index (χ4v) is 4.16. The van der Waals surface area contributed by atoms with E-state index in [0.717, 1.165) is 34.6 Å². The first-order valence-corrected chi connectivity index (χ1v) is 9.86. The first-order chi connectivity index (χ1) is 12.0. The Hall–Kier alpha value is -2.01. The van der Waals surface area contributed by atoms with Crippen LogP contribution in [-0.4, -0.2) is 40.9 Å². The van der Waals surface area contributed by atoms with Gasteiger partial charge in [-0.1, -0.05) is 18.2 Å². The van der Waals surface area contributed by atoms with Gasteiger partial charge in [0, 0.05) is 35.2 Å². The number of aryl methyl sites for hydroxylation is 2. The molecule has 2 aromatic rings. The van der Waals surface area contributed by atoms with Crippen LogP contribution in [0.4, 0.5) is 0 Å². The summed E-state index contributed by atoms with van der Waals surface area (Å²) in [5.74, 6) is 0.0328. The summed E-state index contributed by atoms with van der Waals surface area (Å²) in [4.78, 5) is 31.8. The van der Waals surface area contributed by atoms with Crippen molar-refractivity contribution in [1.82, 2.24) is 9.88 Å². The molecule has 1 aromatic carbocycles. The van der Waals surface area contributed by atoms with E-state index in [1.165, 1.54) is 0 Å². The molecule has 1 atom stereocenters. The number of benzene rings is 1. The van der Waals surface area contributed by atoms with Crippen LogP contribution in [-0.2, 0) is 0 Å². The van der Waals surface area contributed by atoms with Crippen LogP contribution in [0.1, 0.15) is 44.9 Å². The Morgan fingerprint density at radius 1 is 1.24 bits per heavy atom. The van der Waals surface area contributed by atoms with Crippen LogP contribution < -0.4 is 0 Å². The zero-order valence-corrected chi connectivity index (χ0v) is 15.8. The number of ketones is 1. The third-order valence-corrected chi connectivity index (χ3v) is 5.61. The number of aromatic amines is 1. The first kappa shape index (κ1) is 17.8. The maximum Gasteiger partial charge on any atom is 0.270 e. The van der Waals surface area contributed by atoms with Gasteiger partial charge in [0.15, 0.2) is 5.78 Å². The Morgan fingerprint density at radius 2 is 2.00 bits per heavy atom. The van der Waals surface area contributed by atoms with Gasteiger partial charge in [0.05, 0.1) is 0 Å². The predicted octanol–water partition coefficient (Wildman–Crippen LogP) is 4.09. The monoisotopic (exact) mass is 356 g/mol. The van der Waals surface area contributed by atoms with Gasteiger partial charge in [0.25, 0.3) is 5.91 Å². The fourth-order valence-electron chi connectivity index (χ4n) is 3.55. The van der Waals surface area contributed by atoms with Gasteiger partial charge in [0.1, 0.15) is 5.69 Å². The molecule has 1 amide bonds. The van der Waals surface area contributed by atoms with Crippen molar-refractivity contribution >= 4 is 23.5 Å². The quantitative estimate of drug-likeness (QED) is 0.663. The van der Waals surface area contributed by atoms with E-state index in [9.17, 15) is 9.59 Å². The zero-order valence-electron chi connectivity index (χ0n) is 15.0. The van der Waals surface area contributed by atoms with Gasteiger partial charge in [0.2, 0.25) is 0 Å². The van der Waals surface area contributed by atoms with Crippen molar-refractivity contribution in [2.45, 2.75) is 31.6 Å². The van der Waals surface area contributed by atoms with E-state index < -0.39 is 0 Å². The standard InChI is InChI=1S/C20H24N2O2S/c1-13-11-14(2)21-18(13)20(24)22-10-6-7-15(12-22)19(23)16-8-4-5-9-17(16)25-3/h4-5,8-9,11,15,21H,6-7,10,12H2,1-3H3/t15-/m1/s1. The number of carbonyl (C=O) groups is 2. The largest absolute Gasteiger partial charge is 0.354 e. The molecule has 0 radical (unpaired) electrons. The molecule has 25 heavy (non-hydrogen) atoms. The highest BCUT2D eigenvalue weighted by atomic mass is 32.2. The molecule has 5 heteroatoms.